The molecule has 0 radical (unpaired) electrons. The van der Waals surface area contributed by atoms with Crippen molar-refractivity contribution in [1.29, 1.82) is 0 Å². The minimum Gasteiger partial charge on any atom is -0.472 e. The quantitative estimate of drug-likeness (QED) is 0.406. The summed E-state index contributed by atoms with van der Waals surface area (Å²) >= 11 is 0. The summed E-state index contributed by atoms with van der Waals surface area (Å²) in [7, 11) is -3.83. The van der Waals surface area contributed by atoms with E-state index in [4.69, 9.17) is 9.47 Å². The van der Waals surface area contributed by atoms with Gasteiger partial charge in [-0.15, -0.1) is 0 Å². The molecular formula is C37H48N4O8S. The van der Waals surface area contributed by atoms with E-state index in [2.05, 4.69) is 27.2 Å². The SMILES string of the molecule is CC[C@H]1C[C@]1(NC(=O)[C@@H]1C[C@@H]2CN1C(=O)[C@H](C1CCCC1)CC(=O)OCCCCCc1ccc3ccnc(c3c1)O2)C(=O)NS(=O)(=O)C1CC1. The zero-order valence-electron chi connectivity index (χ0n) is 28.7. The van der Waals surface area contributed by atoms with Crippen LogP contribution in [0.4, 0.5) is 0 Å². The van der Waals surface area contributed by atoms with Crippen LogP contribution in [0.1, 0.15) is 96.0 Å². The zero-order chi connectivity index (χ0) is 35.0. The van der Waals surface area contributed by atoms with E-state index < -0.39 is 56.7 Å². The number of benzene rings is 1. The number of ether oxygens (including phenoxy) is 2. The number of carbonyl (C=O) groups is 4. The minimum atomic E-state index is -3.83. The van der Waals surface area contributed by atoms with Crippen LogP contribution in [0, 0.1) is 17.8 Å². The lowest BCUT2D eigenvalue weighted by molar-refractivity contribution is -0.152. The molecule has 2 N–H and O–H groups in total. The van der Waals surface area contributed by atoms with E-state index in [0.29, 0.717) is 38.2 Å². The van der Waals surface area contributed by atoms with Crippen LogP contribution >= 0.6 is 0 Å². The maximum absolute atomic E-state index is 14.6. The van der Waals surface area contributed by atoms with Gasteiger partial charge in [-0.25, -0.2) is 13.4 Å². The van der Waals surface area contributed by atoms with Gasteiger partial charge in [-0.2, -0.15) is 0 Å². The molecule has 1 saturated heterocycles. The van der Waals surface area contributed by atoms with Crippen LogP contribution in [-0.4, -0.2) is 78.1 Å². The maximum atomic E-state index is 14.6. The predicted molar refractivity (Wildman–Crippen MR) is 184 cm³/mol. The summed E-state index contributed by atoms with van der Waals surface area (Å²) < 4.78 is 39.8. The van der Waals surface area contributed by atoms with E-state index in [1.165, 1.54) is 4.90 Å². The van der Waals surface area contributed by atoms with E-state index in [9.17, 15) is 27.6 Å². The van der Waals surface area contributed by atoms with Gasteiger partial charge in [0.15, 0.2) is 0 Å². The highest BCUT2D eigenvalue weighted by atomic mass is 32.2. The van der Waals surface area contributed by atoms with Crippen LogP contribution in [0.3, 0.4) is 0 Å². The van der Waals surface area contributed by atoms with Crippen LogP contribution in [0.25, 0.3) is 10.8 Å². The average Bonchev–Trinajstić information content (AvgIpc) is 3.97. The molecule has 1 aromatic carbocycles. The van der Waals surface area contributed by atoms with Gasteiger partial charge in [-0.1, -0.05) is 38.3 Å². The fourth-order valence-electron chi connectivity index (χ4n) is 8.33. The van der Waals surface area contributed by atoms with Crippen LogP contribution in [0.2, 0.25) is 0 Å². The largest absolute Gasteiger partial charge is 0.472 e. The Hall–Kier alpha value is -3.74. The molecule has 0 spiro atoms. The van der Waals surface area contributed by atoms with E-state index in [1.54, 1.807) is 6.20 Å². The number of aromatic nitrogens is 1. The fraction of sp³-hybridized carbons (Fsp3) is 0.649. The van der Waals surface area contributed by atoms with Crippen molar-refractivity contribution >= 4 is 44.5 Å². The summed E-state index contributed by atoms with van der Waals surface area (Å²) in [6.07, 6.45) is 10.0. The van der Waals surface area contributed by atoms with Crippen LogP contribution < -0.4 is 14.8 Å². The molecule has 3 amide bonds. The number of aryl methyl sites for hydroxylation is 1. The molecular weight excluding hydrogens is 660 g/mol. The number of hydrogen-bond acceptors (Lipinski definition) is 9. The van der Waals surface area contributed by atoms with Gasteiger partial charge in [-0.05, 0) is 92.7 Å². The topological polar surface area (TPSA) is 161 Å². The predicted octanol–water partition coefficient (Wildman–Crippen LogP) is 3.94. The molecule has 4 bridgehead atoms. The van der Waals surface area contributed by atoms with Crippen molar-refractivity contribution in [2.24, 2.45) is 17.8 Å². The summed E-state index contributed by atoms with van der Waals surface area (Å²) in [4.78, 5) is 61.6. The van der Waals surface area contributed by atoms with Crippen molar-refractivity contribution in [3.05, 3.63) is 36.0 Å². The number of cyclic esters (lactones) is 1. The molecule has 12 nitrogen and oxygen atoms in total. The van der Waals surface area contributed by atoms with Crippen molar-refractivity contribution < 1.29 is 37.1 Å². The van der Waals surface area contributed by atoms with Gasteiger partial charge < -0.3 is 19.7 Å². The van der Waals surface area contributed by atoms with E-state index in [-0.39, 0.29) is 37.1 Å². The second-order valence-corrected chi connectivity index (χ2v) is 16.9. The maximum Gasteiger partial charge on any atom is 0.306 e. The van der Waals surface area contributed by atoms with Crippen LogP contribution in [0.15, 0.2) is 30.5 Å². The summed E-state index contributed by atoms with van der Waals surface area (Å²) in [6, 6.07) is 7.14. The molecule has 50 heavy (non-hydrogen) atoms. The summed E-state index contributed by atoms with van der Waals surface area (Å²) in [5.41, 5.74) is -0.244. The van der Waals surface area contributed by atoms with Crippen LogP contribution in [0.5, 0.6) is 5.88 Å². The number of nitrogens with zero attached hydrogens (tertiary/aromatic N) is 2. The number of rotatable bonds is 7. The second kappa shape index (κ2) is 14.1. The normalized spacial score (nSPS) is 29.6. The minimum absolute atomic E-state index is 0.0138. The highest BCUT2D eigenvalue weighted by molar-refractivity contribution is 7.91. The zero-order valence-corrected chi connectivity index (χ0v) is 29.5. The third-order valence-electron chi connectivity index (χ3n) is 11.5. The average molecular weight is 709 g/mol. The Morgan fingerprint density at radius 2 is 1.84 bits per heavy atom. The lowest BCUT2D eigenvalue weighted by atomic mass is 9.86. The van der Waals surface area contributed by atoms with Gasteiger partial charge in [0, 0.05) is 18.0 Å². The Kier molecular flexibility index (Phi) is 9.79. The van der Waals surface area contributed by atoms with E-state index >= 15 is 0 Å². The second-order valence-electron chi connectivity index (χ2n) is 15.0. The first-order valence-electron chi connectivity index (χ1n) is 18.5. The van der Waals surface area contributed by atoms with Crippen molar-refractivity contribution in [2.75, 3.05) is 13.2 Å². The molecule has 2 aliphatic heterocycles. The number of fused-ring (bicyclic) bond motifs is 3. The molecule has 3 heterocycles. The fourth-order valence-corrected chi connectivity index (χ4v) is 9.69. The molecule has 3 saturated carbocycles. The molecule has 1 aromatic heterocycles. The van der Waals surface area contributed by atoms with Crippen LogP contribution in [-0.2, 0) is 40.4 Å². The first kappa shape index (κ1) is 34.7. The number of hydrogen-bond donors (Lipinski definition) is 2. The van der Waals surface area contributed by atoms with Crippen molar-refractivity contribution in [2.45, 2.75) is 120 Å². The Labute approximate surface area is 293 Å². The number of sulfonamides is 1. The van der Waals surface area contributed by atoms with Gasteiger partial charge in [-0.3, -0.25) is 23.9 Å². The molecule has 5 aliphatic rings. The van der Waals surface area contributed by atoms with Gasteiger partial charge in [0.05, 0.1) is 30.7 Å². The molecule has 4 fully saturated rings. The van der Waals surface area contributed by atoms with Gasteiger partial charge in [0.2, 0.25) is 27.7 Å². The summed E-state index contributed by atoms with van der Waals surface area (Å²) in [5, 5.41) is 4.15. The highest BCUT2D eigenvalue weighted by Gasteiger charge is 2.62. The number of amides is 3. The highest BCUT2D eigenvalue weighted by Crippen LogP contribution is 2.47. The standard InChI is InChI=1S/C37H48N4O8S/c1-2-26-21-37(26,36(45)40-50(46,47)28-13-14-28)39-33(43)31-19-27-22-41(31)35(44)30(24-9-5-6-10-24)20-32(42)48-17-7-3-4-8-23-11-12-25-15-16-38-34(49-27)29(25)18-23/h11-12,15-16,18,24,26-28,30-31H,2-10,13-14,17,19-22H2,1H3,(H,39,43)(H,40,45)/t26-,27+,30-,31-,37+/m0/s1. The number of pyridine rings is 1. The van der Waals surface area contributed by atoms with E-state index in [0.717, 1.165) is 67.7 Å². The van der Waals surface area contributed by atoms with Crippen molar-refractivity contribution in [3.63, 3.8) is 0 Å². The van der Waals surface area contributed by atoms with Gasteiger partial charge >= 0.3 is 5.97 Å². The molecule has 13 heteroatoms. The Morgan fingerprint density at radius 1 is 1.04 bits per heavy atom. The van der Waals surface area contributed by atoms with Crippen molar-refractivity contribution in [3.8, 4) is 5.88 Å². The third kappa shape index (κ3) is 7.20. The summed E-state index contributed by atoms with van der Waals surface area (Å²) in [6.45, 7) is 2.28. The van der Waals surface area contributed by atoms with Gasteiger partial charge in [0.25, 0.3) is 5.91 Å². The lowest BCUT2D eigenvalue weighted by Gasteiger charge is -2.31. The lowest BCUT2D eigenvalue weighted by Crippen LogP contribution is -2.57. The number of esters is 1. The first-order chi connectivity index (χ1) is 24.1. The number of nitrogens with one attached hydrogen (secondary N) is 2. The van der Waals surface area contributed by atoms with Crippen molar-refractivity contribution in [1.82, 2.24) is 19.9 Å². The monoisotopic (exact) mass is 708 g/mol. The summed E-state index contributed by atoms with van der Waals surface area (Å²) in [5.74, 6) is -2.46. The molecule has 3 aliphatic carbocycles. The Bertz CT molecular complexity index is 1760. The Balaban J connectivity index is 1.20. The molecule has 5 atom stereocenters. The molecule has 2 aromatic rings. The number of carbonyl (C=O) groups excluding carboxylic acids is 4. The third-order valence-corrected chi connectivity index (χ3v) is 13.3. The Morgan fingerprint density at radius 3 is 2.58 bits per heavy atom. The molecule has 270 valence electrons. The smallest absolute Gasteiger partial charge is 0.306 e. The first-order valence-corrected chi connectivity index (χ1v) is 20.0. The van der Waals surface area contributed by atoms with Gasteiger partial charge in [0.1, 0.15) is 17.7 Å². The molecule has 0 unspecified atom stereocenters. The molecule has 7 rings (SSSR count). The van der Waals surface area contributed by atoms with E-state index in [1.807, 2.05) is 19.1 Å².